The van der Waals surface area contributed by atoms with Crippen LogP contribution < -0.4 is 32.4 Å². The van der Waals surface area contributed by atoms with Gasteiger partial charge in [0, 0.05) is 35.5 Å². The first-order valence-electron chi connectivity index (χ1n) is 11.9. The van der Waals surface area contributed by atoms with Crippen molar-refractivity contribution in [1.29, 1.82) is 5.41 Å². The first kappa shape index (κ1) is 27.7. The normalized spacial score (nSPS) is 10.6. The number of amides is 1. The van der Waals surface area contributed by atoms with Crippen LogP contribution >= 0.6 is 0 Å². The van der Waals surface area contributed by atoms with Gasteiger partial charge < -0.3 is 31.6 Å². The van der Waals surface area contributed by atoms with Crippen LogP contribution in [0.5, 0.6) is 5.75 Å². The number of nitrogens with one attached hydrogen (secondary N) is 3. The summed E-state index contributed by atoms with van der Waals surface area (Å²) < 4.78 is 11.3. The molecule has 0 unspecified atom stereocenters. The molecule has 200 valence electrons. The topological polar surface area (TPSA) is 187 Å². The molecule has 2 aromatic carbocycles. The van der Waals surface area contributed by atoms with Crippen LogP contribution in [-0.4, -0.2) is 40.1 Å². The van der Waals surface area contributed by atoms with Gasteiger partial charge in [-0.25, -0.2) is 9.78 Å². The van der Waals surface area contributed by atoms with Gasteiger partial charge in [0.1, 0.15) is 18.1 Å². The summed E-state index contributed by atoms with van der Waals surface area (Å²) in [7, 11) is 0. The highest BCUT2D eigenvalue weighted by Gasteiger charge is 2.17. The maximum absolute atomic E-state index is 13.3. The van der Waals surface area contributed by atoms with Crippen molar-refractivity contribution in [3.05, 3.63) is 70.1 Å². The summed E-state index contributed by atoms with van der Waals surface area (Å²) in [6.07, 6.45) is 0.551. The highest BCUT2D eigenvalue weighted by molar-refractivity contribution is 5.94. The van der Waals surface area contributed by atoms with E-state index in [0.29, 0.717) is 16.8 Å². The molecule has 12 nitrogen and oxygen atoms in total. The second kappa shape index (κ2) is 12.4. The first-order valence-corrected chi connectivity index (χ1v) is 11.9. The number of hydrogen-bond acceptors (Lipinski definition) is 9. The SMILES string of the molecule is CCOC(=O)Oc1cc(N)cc(-c2cnc(NC(C)C)c(=O)n2CC(=O)NCc2ccc(C(=N)N)cc2)c1. The van der Waals surface area contributed by atoms with Crippen LogP contribution in [0.2, 0.25) is 0 Å². The van der Waals surface area contributed by atoms with E-state index in [2.05, 4.69) is 15.6 Å². The third kappa shape index (κ3) is 7.32. The minimum Gasteiger partial charge on any atom is -0.434 e. The van der Waals surface area contributed by atoms with Crippen molar-refractivity contribution in [2.45, 2.75) is 39.9 Å². The maximum atomic E-state index is 13.3. The largest absolute Gasteiger partial charge is 0.513 e. The van der Waals surface area contributed by atoms with Gasteiger partial charge in [0.2, 0.25) is 5.91 Å². The number of anilines is 2. The predicted octanol–water partition coefficient (Wildman–Crippen LogP) is 2.45. The summed E-state index contributed by atoms with van der Waals surface area (Å²) >= 11 is 0. The zero-order valence-electron chi connectivity index (χ0n) is 21.4. The van der Waals surface area contributed by atoms with E-state index in [1.54, 1.807) is 37.3 Å². The number of nitrogens with two attached hydrogens (primary N) is 2. The van der Waals surface area contributed by atoms with Crippen LogP contribution in [0.1, 0.15) is 31.9 Å². The van der Waals surface area contributed by atoms with Crippen LogP contribution in [0.4, 0.5) is 16.3 Å². The average Bonchev–Trinajstić information content (AvgIpc) is 2.85. The second-order valence-corrected chi connectivity index (χ2v) is 8.65. The second-order valence-electron chi connectivity index (χ2n) is 8.65. The number of nitrogens with zero attached hydrogens (tertiary/aromatic N) is 2. The smallest absolute Gasteiger partial charge is 0.434 e. The van der Waals surface area contributed by atoms with Gasteiger partial charge in [0.25, 0.3) is 5.56 Å². The molecule has 0 aliphatic heterocycles. The van der Waals surface area contributed by atoms with Gasteiger partial charge in [-0.1, -0.05) is 24.3 Å². The van der Waals surface area contributed by atoms with Crippen LogP contribution in [0.15, 0.2) is 53.5 Å². The highest BCUT2D eigenvalue weighted by Crippen LogP contribution is 2.27. The molecule has 7 N–H and O–H groups in total. The molecule has 0 radical (unpaired) electrons. The quantitative estimate of drug-likeness (QED) is 0.0877. The lowest BCUT2D eigenvalue weighted by Crippen LogP contribution is -2.35. The van der Waals surface area contributed by atoms with Gasteiger partial charge >= 0.3 is 6.16 Å². The molecular weight excluding hydrogens is 490 g/mol. The molecule has 0 bridgehead atoms. The molecule has 1 amide bonds. The van der Waals surface area contributed by atoms with E-state index in [1.165, 1.54) is 22.9 Å². The Bertz CT molecular complexity index is 1380. The molecule has 3 aromatic rings. The number of ether oxygens (including phenoxy) is 2. The number of rotatable bonds is 10. The van der Waals surface area contributed by atoms with Crippen molar-refractivity contribution >= 4 is 29.4 Å². The highest BCUT2D eigenvalue weighted by atomic mass is 16.7. The van der Waals surface area contributed by atoms with Crippen molar-refractivity contribution < 1.29 is 19.1 Å². The van der Waals surface area contributed by atoms with E-state index < -0.39 is 17.6 Å². The lowest BCUT2D eigenvalue weighted by Gasteiger charge is -2.17. The van der Waals surface area contributed by atoms with E-state index in [-0.39, 0.29) is 48.8 Å². The summed E-state index contributed by atoms with van der Waals surface area (Å²) in [5.41, 5.74) is 13.3. The molecule has 12 heteroatoms. The molecule has 0 aliphatic carbocycles. The predicted molar refractivity (Wildman–Crippen MR) is 144 cm³/mol. The number of hydrogen-bond donors (Lipinski definition) is 5. The molecule has 0 saturated carbocycles. The van der Waals surface area contributed by atoms with Crippen LogP contribution in [0, 0.1) is 5.41 Å². The van der Waals surface area contributed by atoms with E-state index in [0.717, 1.165) is 5.56 Å². The summed E-state index contributed by atoms with van der Waals surface area (Å²) in [4.78, 5) is 42.3. The van der Waals surface area contributed by atoms with Crippen molar-refractivity contribution in [3.63, 3.8) is 0 Å². The Balaban J connectivity index is 1.91. The van der Waals surface area contributed by atoms with Crippen LogP contribution in [0.3, 0.4) is 0 Å². The number of amidine groups is 1. The van der Waals surface area contributed by atoms with E-state index in [9.17, 15) is 14.4 Å². The zero-order chi connectivity index (χ0) is 27.8. The molecule has 0 saturated heterocycles. The molecular formula is C26H31N7O5. The molecule has 0 aliphatic rings. The first-order chi connectivity index (χ1) is 18.1. The summed E-state index contributed by atoms with van der Waals surface area (Å²) in [5.74, 6) is -0.269. The Morgan fingerprint density at radius 2 is 1.87 bits per heavy atom. The lowest BCUT2D eigenvalue weighted by atomic mass is 10.1. The van der Waals surface area contributed by atoms with Gasteiger partial charge in [0.05, 0.1) is 18.5 Å². The number of aromatic nitrogens is 2. The Kier molecular flexibility index (Phi) is 9.04. The third-order valence-electron chi connectivity index (χ3n) is 5.22. The Morgan fingerprint density at radius 1 is 1.16 bits per heavy atom. The van der Waals surface area contributed by atoms with E-state index >= 15 is 0 Å². The Morgan fingerprint density at radius 3 is 2.50 bits per heavy atom. The minimum absolute atomic E-state index is 0.0478. The third-order valence-corrected chi connectivity index (χ3v) is 5.22. The maximum Gasteiger partial charge on any atom is 0.513 e. The molecule has 1 aromatic heterocycles. The average molecular weight is 522 g/mol. The lowest BCUT2D eigenvalue weighted by molar-refractivity contribution is -0.121. The van der Waals surface area contributed by atoms with Crippen molar-refractivity contribution in [1.82, 2.24) is 14.9 Å². The van der Waals surface area contributed by atoms with Gasteiger partial charge in [0.15, 0.2) is 5.82 Å². The number of carbonyl (C=O) groups is 2. The fourth-order valence-electron chi connectivity index (χ4n) is 3.52. The molecule has 0 atom stereocenters. The zero-order valence-corrected chi connectivity index (χ0v) is 21.4. The molecule has 3 rings (SSSR count). The number of nitrogen functional groups attached to an aromatic ring is 2. The van der Waals surface area contributed by atoms with Crippen molar-refractivity contribution in [3.8, 4) is 17.0 Å². The number of benzene rings is 2. The summed E-state index contributed by atoms with van der Waals surface area (Å²) in [6, 6.07) is 11.3. The monoisotopic (exact) mass is 521 g/mol. The van der Waals surface area contributed by atoms with Gasteiger partial charge in [-0.05, 0) is 38.5 Å². The minimum atomic E-state index is -0.897. The van der Waals surface area contributed by atoms with Crippen molar-refractivity contribution in [2.75, 3.05) is 17.7 Å². The molecule has 0 spiro atoms. The van der Waals surface area contributed by atoms with E-state index in [4.69, 9.17) is 26.4 Å². The summed E-state index contributed by atoms with van der Waals surface area (Å²) in [5, 5.41) is 13.3. The fraction of sp³-hybridized carbons (Fsp3) is 0.269. The van der Waals surface area contributed by atoms with Gasteiger partial charge in [-0.3, -0.25) is 19.6 Å². The van der Waals surface area contributed by atoms with Crippen molar-refractivity contribution in [2.24, 2.45) is 5.73 Å². The Hall–Kier alpha value is -4.87. The molecule has 0 fully saturated rings. The van der Waals surface area contributed by atoms with E-state index in [1.807, 2.05) is 13.8 Å². The van der Waals surface area contributed by atoms with Crippen LogP contribution in [0.25, 0.3) is 11.3 Å². The summed E-state index contributed by atoms with van der Waals surface area (Å²) in [6.45, 7) is 5.41. The standard InChI is InChI=1S/C26H31N7O5/c1-4-37-26(36)38-20-10-18(9-19(27)11-20)21-13-31-24(32-15(2)3)25(35)33(21)14-22(34)30-12-16-5-7-17(8-6-16)23(28)29/h5-11,13,15H,4,12,14,27H2,1-3H3,(H3,28,29)(H,30,34)(H,31,32). The van der Waals surface area contributed by atoms with Crippen LogP contribution in [-0.2, 0) is 22.6 Å². The van der Waals surface area contributed by atoms with Gasteiger partial charge in [-0.2, -0.15) is 0 Å². The number of carbonyl (C=O) groups excluding carboxylic acids is 2. The van der Waals surface area contributed by atoms with Gasteiger partial charge in [-0.15, -0.1) is 0 Å². The fourth-order valence-corrected chi connectivity index (χ4v) is 3.52. The molecule has 38 heavy (non-hydrogen) atoms. The molecule has 1 heterocycles. The Labute approximate surface area is 219 Å².